The Morgan fingerprint density at radius 2 is 1.93 bits per heavy atom. The lowest BCUT2D eigenvalue weighted by Crippen LogP contribution is -2.42. The van der Waals surface area contributed by atoms with Crippen molar-refractivity contribution in [2.45, 2.75) is 42.7 Å². The fourth-order valence-electron chi connectivity index (χ4n) is 3.58. The second-order valence-electron chi connectivity index (χ2n) is 7.09. The third-order valence-electron chi connectivity index (χ3n) is 5.10. The van der Waals surface area contributed by atoms with Gasteiger partial charge in [-0.25, -0.2) is 23.5 Å². The smallest absolute Gasteiger partial charge is 0.238 e. The van der Waals surface area contributed by atoms with Crippen LogP contribution in [0.25, 0.3) is 22.0 Å². The molecule has 0 spiro atoms. The molecule has 5 N–H and O–H groups in total. The summed E-state index contributed by atoms with van der Waals surface area (Å²) < 4.78 is 23.4. The highest BCUT2D eigenvalue weighted by atomic mass is 32.2. The van der Waals surface area contributed by atoms with Gasteiger partial charge in [0.2, 0.25) is 16.0 Å². The Kier molecular flexibility index (Phi) is 4.96. The molecule has 28 heavy (non-hydrogen) atoms. The van der Waals surface area contributed by atoms with E-state index < -0.39 is 10.0 Å². The lowest BCUT2D eigenvalue weighted by molar-refractivity contribution is 0.402. The van der Waals surface area contributed by atoms with Gasteiger partial charge in [0.1, 0.15) is 0 Å². The zero-order chi connectivity index (χ0) is 19.7. The van der Waals surface area contributed by atoms with Crippen molar-refractivity contribution in [1.82, 2.24) is 15.0 Å². The van der Waals surface area contributed by atoms with Gasteiger partial charge in [-0.05, 0) is 30.5 Å². The Bertz CT molecular complexity index is 1120. The normalized spacial score (nSPS) is 20.2. The van der Waals surface area contributed by atoms with E-state index in [1.165, 1.54) is 12.1 Å². The van der Waals surface area contributed by atoms with Gasteiger partial charge in [-0.2, -0.15) is 0 Å². The second kappa shape index (κ2) is 7.42. The lowest BCUT2D eigenvalue weighted by Gasteiger charge is -2.29. The first-order valence-corrected chi connectivity index (χ1v) is 10.7. The predicted octanol–water partition coefficient (Wildman–Crippen LogP) is 2.02. The van der Waals surface area contributed by atoms with Crippen molar-refractivity contribution in [2.75, 3.05) is 5.32 Å². The van der Waals surface area contributed by atoms with E-state index in [0.29, 0.717) is 22.6 Å². The molecule has 1 fully saturated rings. The quantitative estimate of drug-likeness (QED) is 0.611. The van der Waals surface area contributed by atoms with E-state index >= 15 is 0 Å². The summed E-state index contributed by atoms with van der Waals surface area (Å²) in [6.45, 7) is 0. The monoisotopic (exact) mass is 398 g/mol. The summed E-state index contributed by atoms with van der Waals surface area (Å²) in [5, 5.41) is 9.38. The molecule has 0 aliphatic heterocycles. The molecule has 2 heterocycles. The number of benzene rings is 1. The highest BCUT2D eigenvalue weighted by molar-refractivity contribution is 7.89. The molecule has 1 aromatic carbocycles. The average Bonchev–Trinajstić information content (AvgIpc) is 2.69. The highest BCUT2D eigenvalue weighted by Crippen LogP contribution is 2.28. The number of sulfonamides is 1. The van der Waals surface area contributed by atoms with Gasteiger partial charge in [0.05, 0.1) is 10.4 Å². The van der Waals surface area contributed by atoms with Gasteiger partial charge in [-0.1, -0.05) is 25.0 Å². The molecule has 8 nitrogen and oxygen atoms in total. The van der Waals surface area contributed by atoms with Crippen molar-refractivity contribution in [2.24, 2.45) is 10.9 Å². The minimum atomic E-state index is -3.80. The summed E-state index contributed by atoms with van der Waals surface area (Å²) in [4.78, 5) is 13.3. The fraction of sp³-hybridized carbons (Fsp3) is 0.316. The fourth-order valence-corrected chi connectivity index (χ4v) is 4.14. The van der Waals surface area contributed by atoms with Crippen LogP contribution in [0.3, 0.4) is 0 Å². The second-order valence-corrected chi connectivity index (χ2v) is 8.65. The first-order chi connectivity index (χ1) is 13.4. The van der Waals surface area contributed by atoms with Crippen molar-refractivity contribution >= 4 is 26.9 Å². The molecule has 3 aromatic rings. The summed E-state index contributed by atoms with van der Waals surface area (Å²) in [7, 11) is -3.80. The zero-order valence-electron chi connectivity index (χ0n) is 15.2. The van der Waals surface area contributed by atoms with E-state index in [-0.39, 0.29) is 17.0 Å². The molecule has 0 unspecified atom stereocenters. The predicted molar refractivity (Wildman–Crippen MR) is 108 cm³/mol. The summed E-state index contributed by atoms with van der Waals surface area (Å²) in [5.74, 6) is 0.505. The topological polar surface area (TPSA) is 137 Å². The Morgan fingerprint density at radius 1 is 1.11 bits per heavy atom. The maximum absolute atomic E-state index is 11.7. The van der Waals surface area contributed by atoms with Gasteiger partial charge >= 0.3 is 0 Å². The van der Waals surface area contributed by atoms with Crippen LogP contribution < -0.4 is 16.2 Å². The van der Waals surface area contributed by atoms with E-state index in [4.69, 9.17) is 10.9 Å². The third-order valence-corrected chi connectivity index (χ3v) is 6.01. The number of pyridine rings is 1. The molecule has 9 heteroatoms. The number of aromatic nitrogens is 3. The molecule has 0 bridgehead atoms. The Morgan fingerprint density at radius 3 is 2.71 bits per heavy atom. The van der Waals surface area contributed by atoms with Crippen LogP contribution in [-0.4, -0.2) is 35.5 Å². The van der Waals surface area contributed by atoms with Gasteiger partial charge < -0.3 is 11.1 Å². The first kappa shape index (κ1) is 18.7. The number of anilines is 1. The standard InChI is InChI=1S/C19H22N6O2S/c20-16-6-1-2-7-17(16)24-19-23-10-13-9-22-11-15(18(13)25-19)12-4-3-5-14(8-12)28(21,26)27/h3-5,8-11,16-17H,1-2,6-7,20H2,(H2,21,26,27)(H,23,24,25)/t16-,17+/m0/s1. The molecule has 0 saturated heterocycles. The van der Waals surface area contributed by atoms with Crippen LogP contribution in [0, 0.1) is 0 Å². The molecule has 2 atom stereocenters. The molecule has 1 saturated carbocycles. The summed E-state index contributed by atoms with van der Waals surface area (Å²) in [5.41, 5.74) is 8.28. The zero-order valence-corrected chi connectivity index (χ0v) is 16.1. The molecule has 1 aliphatic carbocycles. The molecule has 2 aromatic heterocycles. The molecule has 4 rings (SSSR count). The Hall–Kier alpha value is -2.62. The van der Waals surface area contributed by atoms with Gasteiger partial charge in [-0.15, -0.1) is 0 Å². The number of nitrogens with one attached hydrogen (secondary N) is 1. The van der Waals surface area contributed by atoms with E-state index in [1.807, 2.05) is 0 Å². The van der Waals surface area contributed by atoms with Crippen molar-refractivity contribution < 1.29 is 8.42 Å². The SMILES string of the molecule is N[C@H]1CCCC[C@H]1Nc1ncc2cncc(-c3cccc(S(N)(=O)=O)c3)c2n1. The van der Waals surface area contributed by atoms with Crippen LogP contribution in [0.1, 0.15) is 25.7 Å². The van der Waals surface area contributed by atoms with Crippen LogP contribution in [0.15, 0.2) is 47.8 Å². The molecular formula is C19H22N6O2S. The third kappa shape index (κ3) is 3.82. The van der Waals surface area contributed by atoms with Crippen molar-refractivity contribution in [3.63, 3.8) is 0 Å². The minimum absolute atomic E-state index is 0.0441. The Balaban J connectivity index is 1.75. The van der Waals surface area contributed by atoms with Gasteiger partial charge in [-0.3, -0.25) is 4.98 Å². The van der Waals surface area contributed by atoms with E-state index in [2.05, 4.69) is 20.3 Å². The number of nitrogens with two attached hydrogens (primary N) is 2. The van der Waals surface area contributed by atoms with Gasteiger partial charge in [0.25, 0.3) is 0 Å². The summed E-state index contributed by atoms with van der Waals surface area (Å²) in [6, 6.07) is 6.66. The average molecular weight is 398 g/mol. The van der Waals surface area contributed by atoms with Gasteiger partial charge in [0, 0.05) is 41.6 Å². The van der Waals surface area contributed by atoms with E-state index in [0.717, 1.165) is 31.1 Å². The minimum Gasteiger partial charge on any atom is -0.350 e. The van der Waals surface area contributed by atoms with Crippen LogP contribution in [0.4, 0.5) is 5.95 Å². The van der Waals surface area contributed by atoms with Crippen LogP contribution >= 0.6 is 0 Å². The van der Waals surface area contributed by atoms with Crippen molar-refractivity contribution in [3.05, 3.63) is 42.9 Å². The molecule has 1 aliphatic rings. The molecule has 0 radical (unpaired) electrons. The number of fused-ring (bicyclic) bond motifs is 1. The summed E-state index contributed by atoms with van der Waals surface area (Å²) in [6.07, 6.45) is 9.30. The molecule has 146 valence electrons. The van der Waals surface area contributed by atoms with Crippen LogP contribution in [-0.2, 0) is 10.0 Å². The van der Waals surface area contributed by atoms with Crippen molar-refractivity contribution in [3.8, 4) is 11.1 Å². The molecular weight excluding hydrogens is 376 g/mol. The maximum atomic E-state index is 11.7. The number of rotatable bonds is 4. The summed E-state index contributed by atoms with van der Waals surface area (Å²) >= 11 is 0. The lowest BCUT2D eigenvalue weighted by atomic mass is 9.91. The van der Waals surface area contributed by atoms with E-state index in [9.17, 15) is 8.42 Å². The number of primary sulfonamides is 1. The van der Waals surface area contributed by atoms with Crippen LogP contribution in [0.5, 0.6) is 0 Å². The first-order valence-electron chi connectivity index (χ1n) is 9.18. The highest BCUT2D eigenvalue weighted by Gasteiger charge is 2.22. The maximum Gasteiger partial charge on any atom is 0.238 e. The van der Waals surface area contributed by atoms with Gasteiger partial charge in [0.15, 0.2) is 0 Å². The number of hydrogen-bond donors (Lipinski definition) is 3. The Labute approximate surface area is 163 Å². The number of nitrogens with zero attached hydrogens (tertiary/aromatic N) is 3. The largest absolute Gasteiger partial charge is 0.350 e. The van der Waals surface area contributed by atoms with Crippen molar-refractivity contribution in [1.29, 1.82) is 0 Å². The molecule has 0 amide bonds. The number of hydrogen-bond acceptors (Lipinski definition) is 7. The van der Waals surface area contributed by atoms with E-state index in [1.54, 1.807) is 30.7 Å². The van der Waals surface area contributed by atoms with Crippen LogP contribution in [0.2, 0.25) is 0 Å².